The molecule has 1 unspecified atom stereocenters. The number of pyridine rings is 3. The first-order chi connectivity index (χ1) is 18.0. The van der Waals surface area contributed by atoms with Gasteiger partial charge in [0.15, 0.2) is 11.5 Å². The molecule has 5 aromatic heterocycles. The fraction of sp³-hybridized carbons (Fsp3) is 0.148. The summed E-state index contributed by atoms with van der Waals surface area (Å²) in [6, 6.07) is 10.8. The number of nitrogens with zero attached hydrogens (tertiary/aromatic N) is 5. The van der Waals surface area contributed by atoms with E-state index in [4.69, 9.17) is 4.98 Å². The molecule has 0 radical (unpaired) electrons. The maximum Gasteiger partial charge on any atom is 0.160 e. The number of fused-ring (bicyclic) bond motifs is 2. The summed E-state index contributed by atoms with van der Waals surface area (Å²) >= 11 is 0. The van der Waals surface area contributed by atoms with Crippen LogP contribution in [0.4, 0.5) is 10.1 Å². The van der Waals surface area contributed by atoms with Gasteiger partial charge in [0.1, 0.15) is 28.8 Å². The highest BCUT2D eigenvalue weighted by Gasteiger charge is 2.19. The normalized spacial score (nSPS) is 12.5. The molecule has 37 heavy (non-hydrogen) atoms. The average Bonchev–Trinajstić information content (AvgIpc) is 3.53. The van der Waals surface area contributed by atoms with Crippen LogP contribution in [0.5, 0.6) is 0 Å². The van der Waals surface area contributed by atoms with Crippen molar-refractivity contribution in [3.63, 3.8) is 0 Å². The minimum Gasteiger partial charge on any atom is -0.374 e. The molecule has 0 bridgehead atoms. The van der Waals surface area contributed by atoms with Crippen LogP contribution < -0.4 is 5.32 Å². The topological polar surface area (TPSA) is 128 Å². The second-order valence-electron chi connectivity index (χ2n) is 9.13. The van der Waals surface area contributed by atoms with Crippen LogP contribution in [-0.4, -0.2) is 46.5 Å². The SMILES string of the molecule is CC(C)C(O)Nc1cncc(-c2cc(F)c3[nH]nc(-c4nc5c(-c6cccnc6)ccnc5[nH]4)c3c2)c1. The fourth-order valence-electron chi connectivity index (χ4n) is 4.22. The summed E-state index contributed by atoms with van der Waals surface area (Å²) in [6.45, 7) is 3.82. The van der Waals surface area contributed by atoms with Gasteiger partial charge in [0.2, 0.25) is 0 Å². The molecule has 6 aromatic rings. The first-order valence-electron chi connectivity index (χ1n) is 11.8. The molecule has 0 aliphatic heterocycles. The summed E-state index contributed by atoms with van der Waals surface area (Å²) in [4.78, 5) is 20.9. The molecule has 6 rings (SSSR count). The number of aliphatic hydroxyl groups is 1. The van der Waals surface area contributed by atoms with Crippen molar-refractivity contribution >= 4 is 27.8 Å². The molecule has 9 nitrogen and oxygen atoms in total. The van der Waals surface area contributed by atoms with Crippen molar-refractivity contribution in [3.8, 4) is 33.8 Å². The lowest BCUT2D eigenvalue weighted by atomic mass is 10.0. The monoisotopic (exact) mass is 494 g/mol. The van der Waals surface area contributed by atoms with E-state index in [2.05, 4.69) is 35.5 Å². The lowest BCUT2D eigenvalue weighted by Crippen LogP contribution is -2.24. The van der Waals surface area contributed by atoms with Gasteiger partial charge < -0.3 is 15.4 Å². The highest BCUT2D eigenvalue weighted by Crippen LogP contribution is 2.34. The molecule has 1 atom stereocenters. The Kier molecular flexibility index (Phi) is 5.57. The van der Waals surface area contributed by atoms with E-state index in [-0.39, 0.29) is 11.4 Å². The van der Waals surface area contributed by atoms with Crippen molar-refractivity contribution in [1.82, 2.24) is 35.1 Å². The zero-order chi connectivity index (χ0) is 25.5. The highest BCUT2D eigenvalue weighted by atomic mass is 19.1. The number of nitrogens with one attached hydrogen (secondary N) is 3. The van der Waals surface area contributed by atoms with Crippen LogP contribution in [0.2, 0.25) is 0 Å². The van der Waals surface area contributed by atoms with Gasteiger partial charge in [0, 0.05) is 46.9 Å². The number of anilines is 1. The quantitative estimate of drug-likeness (QED) is 0.236. The van der Waals surface area contributed by atoms with Crippen LogP contribution in [0.1, 0.15) is 13.8 Å². The average molecular weight is 495 g/mol. The Balaban J connectivity index is 1.44. The third-order valence-electron chi connectivity index (χ3n) is 6.22. The van der Waals surface area contributed by atoms with Gasteiger partial charge in [-0.05, 0) is 41.8 Å². The predicted molar refractivity (Wildman–Crippen MR) is 140 cm³/mol. The smallest absolute Gasteiger partial charge is 0.160 e. The number of aromatic nitrogens is 7. The molecule has 0 saturated heterocycles. The van der Waals surface area contributed by atoms with E-state index in [1.807, 2.05) is 44.2 Å². The van der Waals surface area contributed by atoms with Crippen molar-refractivity contribution in [1.29, 1.82) is 0 Å². The Morgan fingerprint density at radius 3 is 2.65 bits per heavy atom. The number of H-pyrrole nitrogens is 2. The van der Waals surface area contributed by atoms with E-state index in [0.29, 0.717) is 44.9 Å². The van der Waals surface area contributed by atoms with Crippen LogP contribution >= 0.6 is 0 Å². The van der Waals surface area contributed by atoms with Crippen molar-refractivity contribution in [2.24, 2.45) is 5.92 Å². The van der Waals surface area contributed by atoms with E-state index < -0.39 is 12.0 Å². The minimum absolute atomic E-state index is 0.0166. The van der Waals surface area contributed by atoms with Crippen molar-refractivity contribution in [2.45, 2.75) is 20.1 Å². The number of hydrogen-bond acceptors (Lipinski definition) is 7. The standard InChI is InChI=1S/C27H23FN8O/c1-14(2)27(37)32-18-8-17(12-30-13-18)16-9-20-22(21(28)10-16)35-36-24(20)26-33-23-19(5-7-31-25(23)34-26)15-4-3-6-29-11-15/h3-14,27,32,37H,1-2H3,(H,35,36)(H,31,33,34). The van der Waals surface area contributed by atoms with Gasteiger partial charge in [0.05, 0.1) is 11.9 Å². The first-order valence-corrected chi connectivity index (χ1v) is 11.8. The number of imidazole rings is 1. The maximum atomic E-state index is 15.2. The van der Waals surface area contributed by atoms with E-state index >= 15 is 4.39 Å². The first kappa shape index (κ1) is 22.7. The van der Waals surface area contributed by atoms with Gasteiger partial charge >= 0.3 is 0 Å². The Labute approximate surface area is 210 Å². The third-order valence-corrected chi connectivity index (χ3v) is 6.22. The molecule has 0 aliphatic rings. The zero-order valence-corrected chi connectivity index (χ0v) is 20.1. The summed E-state index contributed by atoms with van der Waals surface area (Å²) in [5, 5.41) is 20.9. The summed E-state index contributed by atoms with van der Waals surface area (Å²) in [5.74, 6) is 0.0373. The number of halogens is 1. The lowest BCUT2D eigenvalue weighted by molar-refractivity contribution is 0.153. The summed E-state index contributed by atoms with van der Waals surface area (Å²) < 4.78 is 15.2. The summed E-state index contributed by atoms with van der Waals surface area (Å²) in [5.41, 5.74) is 5.76. The van der Waals surface area contributed by atoms with E-state index in [9.17, 15) is 5.11 Å². The number of hydrogen-bond donors (Lipinski definition) is 4. The number of benzene rings is 1. The van der Waals surface area contributed by atoms with Gasteiger partial charge in [-0.1, -0.05) is 19.9 Å². The van der Waals surface area contributed by atoms with Crippen LogP contribution in [0, 0.1) is 11.7 Å². The van der Waals surface area contributed by atoms with E-state index in [0.717, 1.165) is 11.1 Å². The van der Waals surface area contributed by atoms with Crippen LogP contribution in [0.25, 0.3) is 55.8 Å². The van der Waals surface area contributed by atoms with Crippen molar-refractivity contribution in [3.05, 3.63) is 73.2 Å². The van der Waals surface area contributed by atoms with Gasteiger partial charge in [-0.3, -0.25) is 15.1 Å². The van der Waals surface area contributed by atoms with Gasteiger partial charge in [-0.15, -0.1) is 0 Å². The van der Waals surface area contributed by atoms with Crippen molar-refractivity contribution < 1.29 is 9.50 Å². The van der Waals surface area contributed by atoms with E-state index in [1.54, 1.807) is 31.0 Å². The zero-order valence-electron chi connectivity index (χ0n) is 20.1. The Bertz CT molecular complexity index is 1730. The minimum atomic E-state index is -0.727. The number of rotatable bonds is 6. The van der Waals surface area contributed by atoms with Gasteiger partial charge in [-0.2, -0.15) is 5.10 Å². The fourth-order valence-corrected chi connectivity index (χ4v) is 4.22. The van der Waals surface area contributed by atoms with Crippen molar-refractivity contribution in [2.75, 3.05) is 5.32 Å². The Morgan fingerprint density at radius 2 is 1.84 bits per heavy atom. The molecule has 0 spiro atoms. The summed E-state index contributed by atoms with van der Waals surface area (Å²) in [6.07, 6.45) is 7.74. The molecule has 0 aliphatic carbocycles. The molecule has 1 aromatic carbocycles. The van der Waals surface area contributed by atoms with Gasteiger partial charge in [-0.25, -0.2) is 14.4 Å². The maximum absolute atomic E-state index is 15.2. The van der Waals surface area contributed by atoms with Gasteiger partial charge in [0.25, 0.3) is 0 Å². The molecule has 5 heterocycles. The second kappa shape index (κ2) is 9.07. The van der Waals surface area contributed by atoms with E-state index in [1.165, 1.54) is 6.07 Å². The Hall–Kier alpha value is -4.70. The second-order valence-corrected chi connectivity index (χ2v) is 9.13. The lowest BCUT2D eigenvalue weighted by Gasteiger charge is -2.17. The number of aromatic amines is 2. The molecular formula is C27H23FN8O. The predicted octanol–water partition coefficient (Wildman–Crippen LogP) is 5.15. The molecular weight excluding hydrogens is 471 g/mol. The summed E-state index contributed by atoms with van der Waals surface area (Å²) in [7, 11) is 0. The molecule has 10 heteroatoms. The number of aliphatic hydroxyl groups excluding tert-OH is 1. The van der Waals surface area contributed by atoms with Crippen LogP contribution in [0.3, 0.4) is 0 Å². The molecule has 0 fully saturated rings. The van der Waals surface area contributed by atoms with Crippen LogP contribution in [-0.2, 0) is 0 Å². The molecule has 4 N–H and O–H groups in total. The molecule has 0 amide bonds. The van der Waals surface area contributed by atoms with Crippen LogP contribution in [0.15, 0.2) is 67.4 Å². The highest BCUT2D eigenvalue weighted by molar-refractivity contribution is 5.97. The third kappa shape index (κ3) is 4.17. The molecule has 0 saturated carbocycles. The Morgan fingerprint density at radius 1 is 0.973 bits per heavy atom. The largest absolute Gasteiger partial charge is 0.374 e. The molecule has 184 valence electrons.